The maximum atomic E-state index is 16.7. The topological polar surface area (TPSA) is 186 Å². The quantitative estimate of drug-likeness (QED) is 0.0868. The highest BCUT2D eigenvalue weighted by molar-refractivity contribution is 5.98. The first-order valence-corrected chi connectivity index (χ1v) is 23.0. The van der Waals surface area contributed by atoms with E-state index in [0.29, 0.717) is 90.0 Å². The monoisotopic (exact) mass is 906 g/mol. The van der Waals surface area contributed by atoms with E-state index in [2.05, 4.69) is 53.5 Å². The summed E-state index contributed by atoms with van der Waals surface area (Å²) >= 11 is 0. The van der Waals surface area contributed by atoms with Crippen LogP contribution in [0.4, 0.5) is 18.4 Å². The molecule has 4 amide bonds. The number of carboxylic acid groups (broad SMARTS) is 1. The lowest BCUT2D eigenvalue weighted by Gasteiger charge is -2.29. The van der Waals surface area contributed by atoms with Crippen LogP contribution in [0, 0.1) is 23.5 Å². The van der Waals surface area contributed by atoms with Crippen LogP contribution in [0.1, 0.15) is 139 Å². The van der Waals surface area contributed by atoms with Gasteiger partial charge in [0.1, 0.15) is 35.4 Å². The van der Waals surface area contributed by atoms with Gasteiger partial charge in [-0.25, -0.2) is 28.3 Å². The molecule has 0 spiro atoms. The number of methoxy groups -OCH3 is 1. The Morgan fingerprint density at radius 2 is 1.30 bits per heavy atom. The van der Waals surface area contributed by atoms with Gasteiger partial charge in [-0.2, -0.15) is 0 Å². The molecule has 0 saturated carbocycles. The van der Waals surface area contributed by atoms with Gasteiger partial charge >= 0.3 is 12.2 Å². The number of alkyl carbamates (subject to hydrolysis) is 1. The summed E-state index contributed by atoms with van der Waals surface area (Å²) in [4.78, 5) is 71.0. The molecule has 3 aromatic carbocycles. The molecule has 2 fully saturated rings. The van der Waals surface area contributed by atoms with E-state index in [0.717, 1.165) is 28.7 Å². The second kappa shape index (κ2) is 18.2. The van der Waals surface area contributed by atoms with Gasteiger partial charge in [0.25, 0.3) is 0 Å². The Bertz CT molecular complexity index is 2720. The maximum Gasteiger partial charge on any atom is 0.407 e. The number of H-pyrrole nitrogens is 2. The minimum atomic E-state index is -1.27. The number of hydrogen-bond donors (Lipinski definition) is 5. The number of nitrogens with one attached hydrogen (secondary N) is 4. The molecule has 5 aromatic rings. The van der Waals surface area contributed by atoms with Crippen molar-refractivity contribution in [2.24, 2.45) is 11.8 Å². The Kier molecular flexibility index (Phi) is 12.7. The van der Waals surface area contributed by atoms with Crippen LogP contribution in [0.5, 0.6) is 0 Å². The highest BCUT2D eigenvalue weighted by Gasteiger charge is 2.40. The molecule has 5 atom stereocenters. The number of rotatable bonds is 11. The van der Waals surface area contributed by atoms with Gasteiger partial charge < -0.3 is 40.2 Å². The molecule has 350 valence electrons. The molecule has 16 heteroatoms. The molecule has 0 radical (unpaired) electrons. The van der Waals surface area contributed by atoms with E-state index in [4.69, 9.17) is 14.7 Å². The van der Waals surface area contributed by atoms with Gasteiger partial charge in [0.05, 0.1) is 41.3 Å². The van der Waals surface area contributed by atoms with E-state index in [1.807, 2.05) is 26.0 Å². The second-order valence-electron chi connectivity index (χ2n) is 19.7. The molecule has 1 aliphatic carbocycles. The van der Waals surface area contributed by atoms with Crippen molar-refractivity contribution in [2.75, 3.05) is 20.2 Å². The normalized spacial score (nSPS) is 20.0. The van der Waals surface area contributed by atoms with Crippen molar-refractivity contribution in [3.8, 4) is 0 Å². The summed E-state index contributed by atoms with van der Waals surface area (Å²) in [6, 6.07) is 12.0. The number of likely N-dealkylation sites (tertiary alicyclic amines) is 2. The first kappa shape index (κ1) is 46.2. The van der Waals surface area contributed by atoms with Gasteiger partial charge in [-0.05, 0) is 95.7 Å². The lowest BCUT2D eigenvalue weighted by molar-refractivity contribution is -0.136. The highest BCUT2D eigenvalue weighted by Crippen LogP contribution is 2.51. The number of ether oxygens (including phenoxy) is 1. The standard InChI is InChI=1S/C50H60F2N8O6/c1-25(2)42(57-48(63)64)46(61)59-19-9-11-39(59)44-53-35-21-31(33(51)23-37(35)55-44)29-17-18-30(41(29)27-13-15-28(16-14-27)50(5,6)7)32-22-36-38(24-34(32)52)56-45(54-36)40-12-10-20-60(40)47(62)43(26(3)4)58-49(65)66-8/h13-16,21-26,30,39-40,42-43,57H,9-12,17-20H2,1-8H3,(H,53,55)(H,54,56)(H,58,65)(H,63,64)/t30?,39-,40-,42-,43-/m0/s1. The molecule has 2 aromatic heterocycles. The fraction of sp³-hybridized carbons (Fsp3) is 0.480. The van der Waals surface area contributed by atoms with Crippen molar-refractivity contribution in [3.63, 3.8) is 0 Å². The van der Waals surface area contributed by atoms with Crippen molar-refractivity contribution < 1.29 is 37.8 Å². The lowest BCUT2D eigenvalue weighted by Crippen LogP contribution is -2.51. The summed E-state index contributed by atoms with van der Waals surface area (Å²) in [6.07, 6.45) is 1.69. The fourth-order valence-electron chi connectivity index (χ4n) is 10.2. The number of aromatic nitrogens is 4. The van der Waals surface area contributed by atoms with Crippen molar-refractivity contribution in [1.29, 1.82) is 0 Å². The van der Waals surface area contributed by atoms with Crippen LogP contribution < -0.4 is 10.6 Å². The number of amides is 4. The van der Waals surface area contributed by atoms with Gasteiger partial charge in [-0.1, -0.05) is 72.7 Å². The third-order valence-corrected chi connectivity index (χ3v) is 13.6. The second-order valence-corrected chi connectivity index (χ2v) is 19.7. The number of fused-ring (bicyclic) bond motifs is 2. The molecule has 66 heavy (non-hydrogen) atoms. The largest absolute Gasteiger partial charge is 0.465 e. The van der Waals surface area contributed by atoms with E-state index in [9.17, 15) is 24.3 Å². The van der Waals surface area contributed by atoms with E-state index >= 15 is 8.78 Å². The number of imidazole rings is 2. The molecular formula is C50H60F2N8O6. The molecule has 3 aliphatic rings. The zero-order chi connectivity index (χ0) is 47.4. The Morgan fingerprint density at radius 1 is 0.773 bits per heavy atom. The average Bonchev–Trinajstić information content (AvgIpc) is 4.12. The fourth-order valence-corrected chi connectivity index (χ4v) is 10.2. The molecule has 4 heterocycles. The first-order chi connectivity index (χ1) is 31.3. The first-order valence-electron chi connectivity index (χ1n) is 23.0. The zero-order valence-electron chi connectivity index (χ0n) is 38.9. The third-order valence-electron chi connectivity index (χ3n) is 13.6. The molecular weight excluding hydrogens is 847 g/mol. The zero-order valence-corrected chi connectivity index (χ0v) is 38.9. The Morgan fingerprint density at radius 3 is 1.82 bits per heavy atom. The number of halogens is 2. The van der Waals surface area contributed by atoms with Gasteiger partial charge in [-0.3, -0.25) is 9.59 Å². The van der Waals surface area contributed by atoms with Gasteiger partial charge in [0.2, 0.25) is 11.8 Å². The predicted molar refractivity (Wildman–Crippen MR) is 247 cm³/mol. The maximum absolute atomic E-state index is 16.7. The number of carbonyl (C=O) groups excluding carboxylic acids is 3. The van der Waals surface area contributed by atoms with E-state index < -0.39 is 53.9 Å². The van der Waals surface area contributed by atoms with Crippen molar-refractivity contribution in [2.45, 2.75) is 122 Å². The van der Waals surface area contributed by atoms with Crippen LogP contribution in [0.15, 0.2) is 48.5 Å². The van der Waals surface area contributed by atoms with Crippen LogP contribution in [0.3, 0.4) is 0 Å². The summed E-state index contributed by atoms with van der Waals surface area (Å²) < 4.78 is 38.1. The van der Waals surface area contributed by atoms with Crippen molar-refractivity contribution in [3.05, 3.63) is 94.1 Å². The highest BCUT2D eigenvalue weighted by atomic mass is 19.1. The molecule has 1 unspecified atom stereocenters. The number of carbonyl (C=O) groups is 4. The number of hydrogen-bond acceptors (Lipinski definition) is 7. The summed E-state index contributed by atoms with van der Waals surface area (Å²) in [7, 11) is 1.26. The molecule has 0 bridgehead atoms. The van der Waals surface area contributed by atoms with Crippen LogP contribution in [-0.2, 0) is 19.7 Å². The lowest BCUT2D eigenvalue weighted by atomic mass is 9.83. The summed E-state index contributed by atoms with van der Waals surface area (Å²) in [6.45, 7) is 14.6. The molecule has 2 saturated heterocycles. The smallest absolute Gasteiger partial charge is 0.407 e. The minimum absolute atomic E-state index is 0.120. The van der Waals surface area contributed by atoms with Crippen LogP contribution in [0.25, 0.3) is 33.2 Å². The van der Waals surface area contributed by atoms with E-state index in [1.165, 1.54) is 19.2 Å². The number of benzene rings is 3. The van der Waals surface area contributed by atoms with Crippen molar-refractivity contribution >= 4 is 57.2 Å². The number of aromatic amines is 2. The van der Waals surface area contributed by atoms with Gasteiger partial charge in [-0.15, -0.1) is 0 Å². The third kappa shape index (κ3) is 8.85. The predicted octanol–water partition coefficient (Wildman–Crippen LogP) is 9.50. The molecule has 8 rings (SSSR count). The van der Waals surface area contributed by atoms with Gasteiger partial charge in [0, 0.05) is 36.7 Å². The SMILES string of the molecule is COC(=O)N[C@H](C(=O)N1CCC[C@H]1c1nc2cc(F)c(C3CCC(c4cc5[nH]c([C@@H]6CCCN6C(=O)[C@@H](NC(=O)O)C(C)C)nc5cc4F)=C3c3ccc(C(C)(C)C)cc3)cc2[nH]1)C(C)C. The Hall–Kier alpha value is -6.32. The molecule has 2 aliphatic heterocycles. The average molecular weight is 907 g/mol. The van der Waals surface area contributed by atoms with Crippen LogP contribution in [-0.4, -0.2) is 91.1 Å². The van der Waals surface area contributed by atoms with Crippen molar-refractivity contribution in [1.82, 2.24) is 40.4 Å². The number of allylic oxidation sites excluding steroid dienone is 2. The summed E-state index contributed by atoms with van der Waals surface area (Å²) in [5.41, 5.74) is 6.25. The van der Waals surface area contributed by atoms with Gasteiger partial charge in [0.15, 0.2) is 0 Å². The Balaban J connectivity index is 1.16. The molecule has 5 N–H and O–H groups in total. The summed E-state index contributed by atoms with van der Waals surface area (Å²) in [5, 5.41) is 14.5. The molecule has 14 nitrogen and oxygen atoms in total. The number of nitrogens with zero attached hydrogens (tertiary/aromatic N) is 4. The summed E-state index contributed by atoms with van der Waals surface area (Å²) in [5.74, 6) is -1.39. The van der Waals surface area contributed by atoms with E-state index in [-0.39, 0.29) is 29.1 Å². The minimum Gasteiger partial charge on any atom is -0.465 e. The van der Waals surface area contributed by atoms with Crippen LogP contribution in [0.2, 0.25) is 0 Å². The van der Waals surface area contributed by atoms with Crippen LogP contribution >= 0.6 is 0 Å². The van der Waals surface area contributed by atoms with E-state index in [1.54, 1.807) is 35.8 Å². The Labute approximate surface area is 383 Å².